The molecule has 1 amide bonds. The second-order valence-electron chi connectivity index (χ2n) is 3.50. The standard InChI is InChI=1S/C9H15NO3S/c11-8(10-4-5-14)6-2-1-3-7(6)9(12)13/h6-7,14H,1-5H2,(H,10,11)(H,12,13)/t6-,7+/m1/s1. The second kappa shape index (κ2) is 5.24. The minimum atomic E-state index is -0.853. The van der Waals surface area contributed by atoms with Gasteiger partial charge in [-0.05, 0) is 12.8 Å². The molecule has 4 nitrogen and oxygen atoms in total. The lowest BCUT2D eigenvalue weighted by atomic mass is 9.95. The third-order valence-electron chi connectivity index (χ3n) is 2.58. The molecule has 1 saturated carbocycles. The SMILES string of the molecule is O=C(O)[C@H]1CCC[C@H]1C(=O)NCCS. The highest BCUT2D eigenvalue weighted by Gasteiger charge is 2.37. The van der Waals surface area contributed by atoms with Crippen molar-refractivity contribution in [1.82, 2.24) is 5.32 Å². The highest BCUT2D eigenvalue weighted by atomic mass is 32.1. The summed E-state index contributed by atoms with van der Waals surface area (Å²) in [7, 11) is 0. The van der Waals surface area contributed by atoms with Gasteiger partial charge in [-0.1, -0.05) is 6.42 Å². The average Bonchev–Trinajstić information content (AvgIpc) is 2.62. The fraction of sp³-hybridized carbons (Fsp3) is 0.778. The van der Waals surface area contributed by atoms with Crippen molar-refractivity contribution in [3.8, 4) is 0 Å². The molecule has 0 aromatic carbocycles. The van der Waals surface area contributed by atoms with Gasteiger partial charge in [-0.3, -0.25) is 9.59 Å². The molecule has 0 bridgehead atoms. The Hall–Kier alpha value is -0.710. The van der Waals surface area contributed by atoms with Crippen LogP contribution in [0, 0.1) is 11.8 Å². The summed E-state index contributed by atoms with van der Waals surface area (Å²) in [5.41, 5.74) is 0. The fourth-order valence-electron chi connectivity index (χ4n) is 1.88. The number of hydrogen-bond donors (Lipinski definition) is 3. The van der Waals surface area contributed by atoms with Crippen molar-refractivity contribution in [1.29, 1.82) is 0 Å². The Bertz CT molecular complexity index is 232. The Labute approximate surface area is 88.5 Å². The fourth-order valence-corrected chi connectivity index (χ4v) is 1.99. The average molecular weight is 217 g/mol. The predicted molar refractivity (Wildman–Crippen MR) is 55.3 cm³/mol. The molecule has 1 aliphatic rings. The molecule has 0 radical (unpaired) electrons. The van der Waals surface area contributed by atoms with Crippen LogP contribution in [0.2, 0.25) is 0 Å². The Morgan fingerprint density at radius 2 is 2.00 bits per heavy atom. The molecule has 0 spiro atoms. The molecule has 1 aliphatic carbocycles. The van der Waals surface area contributed by atoms with Crippen LogP contribution >= 0.6 is 12.6 Å². The first-order valence-corrected chi connectivity index (χ1v) is 5.41. The number of hydrogen-bond acceptors (Lipinski definition) is 3. The van der Waals surface area contributed by atoms with E-state index in [9.17, 15) is 9.59 Å². The minimum Gasteiger partial charge on any atom is -0.481 e. The smallest absolute Gasteiger partial charge is 0.307 e. The molecule has 80 valence electrons. The number of thiol groups is 1. The van der Waals surface area contributed by atoms with E-state index in [1.165, 1.54) is 0 Å². The van der Waals surface area contributed by atoms with Crippen molar-refractivity contribution >= 4 is 24.5 Å². The first-order valence-electron chi connectivity index (χ1n) is 4.78. The van der Waals surface area contributed by atoms with Gasteiger partial charge in [-0.15, -0.1) is 0 Å². The van der Waals surface area contributed by atoms with Crippen LogP contribution in [0.5, 0.6) is 0 Å². The summed E-state index contributed by atoms with van der Waals surface area (Å²) in [6, 6.07) is 0. The van der Waals surface area contributed by atoms with Crippen LogP contribution in [0.4, 0.5) is 0 Å². The molecular formula is C9H15NO3S. The van der Waals surface area contributed by atoms with E-state index < -0.39 is 11.9 Å². The Balaban J connectivity index is 2.49. The number of carbonyl (C=O) groups is 2. The zero-order valence-electron chi connectivity index (χ0n) is 7.90. The van der Waals surface area contributed by atoms with Crippen LogP contribution in [0.25, 0.3) is 0 Å². The Kier molecular flexibility index (Phi) is 4.25. The van der Waals surface area contributed by atoms with Gasteiger partial charge in [0.1, 0.15) is 0 Å². The van der Waals surface area contributed by atoms with Gasteiger partial charge in [0.2, 0.25) is 5.91 Å². The van der Waals surface area contributed by atoms with Gasteiger partial charge in [-0.25, -0.2) is 0 Å². The number of nitrogens with one attached hydrogen (secondary N) is 1. The van der Waals surface area contributed by atoms with Crippen molar-refractivity contribution < 1.29 is 14.7 Å². The molecule has 0 aliphatic heterocycles. The summed E-state index contributed by atoms with van der Waals surface area (Å²) in [6.45, 7) is 0.505. The summed E-state index contributed by atoms with van der Waals surface area (Å²) < 4.78 is 0. The number of carbonyl (C=O) groups excluding carboxylic acids is 1. The van der Waals surface area contributed by atoms with E-state index in [1.54, 1.807) is 0 Å². The number of aliphatic carboxylic acids is 1. The molecule has 14 heavy (non-hydrogen) atoms. The monoisotopic (exact) mass is 217 g/mol. The maximum atomic E-state index is 11.5. The minimum absolute atomic E-state index is 0.135. The molecule has 1 fully saturated rings. The lowest BCUT2D eigenvalue weighted by Gasteiger charge is -2.14. The summed E-state index contributed by atoms with van der Waals surface area (Å²) in [5.74, 6) is -1.24. The zero-order chi connectivity index (χ0) is 10.6. The maximum Gasteiger partial charge on any atom is 0.307 e. The second-order valence-corrected chi connectivity index (χ2v) is 3.94. The van der Waals surface area contributed by atoms with Gasteiger partial charge < -0.3 is 10.4 Å². The maximum absolute atomic E-state index is 11.5. The third-order valence-corrected chi connectivity index (χ3v) is 2.80. The van der Waals surface area contributed by atoms with Crippen LogP contribution in [0.1, 0.15) is 19.3 Å². The Morgan fingerprint density at radius 1 is 1.36 bits per heavy atom. The number of rotatable bonds is 4. The van der Waals surface area contributed by atoms with E-state index in [-0.39, 0.29) is 11.8 Å². The van der Waals surface area contributed by atoms with E-state index in [0.29, 0.717) is 25.1 Å². The first kappa shape index (κ1) is 11.4. The molecular weight excluding hydrogens is 202 g/mol. The molecule has 2 atom stereocenters. The van der Waals surface area contributed by atoms with Crippen molar-refractivity contribution in [2.24, 2.45) is 11.8 Å². The zero-order valence-corrected chi connectivity index (χ0v) is 8.80. The highest BCUT2D eigenvalue weighted by Crippen LogP contribution is 2.31. The molecule has 0 aromatic heterocycles. The van der Waals surface area contributed by atoms with Gasteiger partial charge in [0.05, 0.1) is 11.8 Å². The van der Waals surface area contributed by atoms with Crippen molar-refractivity contribution in [3.63, 3.8) is 0 Å². The molecule has 0 heterocycles. The molecule has 1 rings (SSSR count). The van der Waals surface area contributed by atoms with Crippen LogP contribution in [0.15, 0.2) is 0 Å². The summed E-state index contributed by atoms with van der Waals surface area (Å²) in [5, 5.41) is 11.5. The summed E-state index contributed by atoms with van der Waals surface area (Å²) >= 11 is 3.97. The van der Waals surface area contributed by atoms with Gasteiger partial charge in [0.15, 0.2) is 0 Å². The summed E-state index contributed by atoms with van der Waals surface area (Å²) in [4.78, 5) is 22.3. The van der Waals surface area contributed by atoms with E-state index in [0.717, 1.165) is 6.42 Å². The van der Waals surface area contributed by atoms with E-state index in [2.05, 4.69) is 17.9 Å². The van der Waals surface area contributed by atoms with E-state index in [4.69, 9.17) is 5.11 Å². The Morgan fingerprint density at radius 3 is 2.57 bits per heavy atom. The van der Waals surface area contributed by atoms with Crippen LogP contribution in [0.3, 0.4) is 0 Å². The molecule has 5 heteroatoms. The topological polar surface area (TPSA) is 66.4 Å². The lowest BCUT2D eigenvalue weighted by molar-refractivity contribution is -0.146. The first-order chi connectivity index (χ1) is 6.66. The van der Waals surface area contributed by atoms with Crippen molar-refractivity contribution in [2.45, 2.75) is 19.3 Å². The highest BCUT2D eigenvalue weighted by molar-refractivity contribution is 7.80. The van der Waals surface area contributed by atoms with E-state index in [1.807, 2.05) is 0 Å². The van der Waals surface area contributed by atoms with Gasteiger partial charge in [0.25, 0.3) is 0 Å². The number of carboxylic acids is 1. The van der Waals surface area contributed by atoms with Gasteiger partial charge in [-0.2, -0.15) is 12.6 Å². The lowest BCUT2D eigenvalue weighted by Crippen LogP contribution is -2.36. The molecule has 0 saturated heterocycles. The normalized spacial score (nSPS) is 26.1. The largest absolute Gasteiger partial charge is 0.481 e. The number of amides is 1. The number of carboxylic acid groups (broad SMARTS) is 1. The van der Waals surface area contributed by atoms with Crippen LogP contribution in [-0.4, -0.2) is 29.3 Å². The van der Waals surface area contributed by atoms with E-state index >= 15 is 0 Å². The van der Waals surface area contributed by atoms with Crippen LogP contribution in [-0.2, 0) is 9.59 Å². The molecule has 2 N–H and O–H groups in total. The van der Waals surface area contributed by atoms with Crippen molar-refractivity contribution in [2.75, 3.05) is 12.3 Å². The third kappa shape index (κ3) is 2.64. The van der Waals surface area contributed by atoms with Gasteiger partial charge in [0, 0.05) is 12.3 Å². The predicted octanol–water partition coefficient (Wildman–Crippen LogP) is 0.533. The molecule has 0 aromatic rings. The summed E-state index contributed by atoms with van der Waals surface area (Å²) in [6.07, 6.45) is 2.14. The van der Waals surface area contributed by atoms with Crippen LogP contribution < -0.4 is 5.32 Å². The molecule has 0 unspecified atom stereocenters. The quantitative estimate of drug-likeness (QED) is 0.602. The van der Waals surface area contributed by atoms with Gasteiger partial charge >= 0.3 is 5.97 Å². The van der Waals surface area contributed by atoms with Crippen molar-refractivity contribution in [3.05, 3.63) is 0 Å².